The van der Waals surface area contributed by atoms with E-state index in [1.165, 1.54) is 0 Å². The normalized spacial score (nSPS) is 37.4. The van der Waals surface area contributed by atoms with E-state index in [9.17, 15) is 29.7 Å². The standard InChI is InChI=1S/C38H54N2O7/c1-34(2,21-32(43)44)23-37(45)24-36(4)30(29-11-6-25-20-27(41)12-14-35(25,3)33(29)37)13-15-38(36,46)31(42)22-39-16-18-40(19-17-39)26-7-9-28(47-5)10-8-26/h7-10,20,29-30,33,45-46H,6,11-19,21-24H2,1-5H3,(H,43,44)/t29-,30-,33-,35-,36-,37?,38-/m0/s1. The number of carbonyl (C=O) groups excluding carboxylic acids is 2. The fourth-order valence-electron chi connectivity index (χ4n) is 11.3. The van der Waals surface area contributed by atoms with Crippen molar-refractivity contribution in [1.29, 1.82) is 0 Å². The van der Waals surface area contributed by atoms with Crippen molar-refractivity contribution in [3.05, 3.63) is 35.9 Å². The summed E-state index contributed by atoms with van der Waals surface area (Å²) in [6, 6.07) is 8.00. The molecule has 258 valence electrons. The summed E-state index contributed by atoms with van der Waals surface area (Å²) >= 11 is 0. The first-order chi connectivity index (χ1) is 22.0. The molecule has 7 atom stereocenters. The molecule has 0 aromatic heterocycles. The number of aliphatic hydroxyl groups is 2. The number of allylic oxidation sites excluding steroid dienone is 1. The van der Waals surface area contributed by atoms with Crippen LogP contribution in [0.3, 0.4) is 0 Å². The lowest BCUT2D eigenvalue weighted by molar-refractivity contribution is -0.226. The number of ketones is 2. The van der Waals surface area contributed by atoms with E-state index < -0.39 is 28.0 Å². The number of carboxylic acid groups (broad SMARTS) is 1. The molecule has 1 unspecified atom stereocenters. The second-order valence-corrected chi connectivity index (χ2v) is 16.7. The van der Waals surface area contributed by atoms with E-state index in [-0.39, 0.29) is 60.5 Å². The molecular formula is C38H54N2O7. The summed E-state index contributed by atoms with van der Waals surface area (Å²) in [6.07, 6.45) is 5.96. The largest absolute Gasteiger partial charge is 0.497 e. The van der Waals surface area contributed by atoms with Crippen LogP contribution in [0.1, 0.15) is 85.5 Å². The van der Waals surface area contributed by atoms with E-state index in [1.54, 1.807) is 13.2 Å². The van der Waals surface area contributed by atoms with E-state index >= 15 is 0 Å². The van der Waals surface area contributed by atoms with E-state index in [0.717, 1.165) is 42.9 Å². The monoisotopic (exact) mass is 650 g/mol. The average Bonchev–Trinajstić information content (AvgIpc) is 3.26. The zero-order chi connectivity index (χ0) is 34.0. The van der Waals surface area contributed by atoms with Crippen molar-refractivity contribution in [3.8, 4) is 5.75 Å². The number of hydrogen-bond donors (Lipinski definition) is 3. The van der Waals surface area contributed by atoms with Gasteiger partial charge in [-0.25, -0.2) is 0 Å². The zero-order valence-corrected chi connectivity index (χ0v) is 28.9. The number of carbonyl (C=O) groups is 3. The second-order valence-electron chi connectivity index (χ2n) is 16.7. The van der Waals surface area contributed by atoms with E-state index in [2.05, 4.69) is 16.7 Å². The third-order valence-electron chi connectivity index (χ3n) is 13.2. The number of benzene rings is 1. The SMILES string of the molecule is COc1ccc(N2CCN(CC(=O)[C@@]3(O)CC[C@H]4[C@@H]5CCC6=CC(=O)CC[C@]6(C)[C@H]5C(O)(CC(C)(C)CC(=O)O)C[C@@]43C)CC2)cc1. The van der Waals surface area contributed by atoms with Gasteiger partial charge in [0.15, 0.2) is 11.6 Å². The van der Waals surface area contributed by atoms with E-state index in [1.807, 2.05) is 45.0 Å². The Hall–Kier alpha value is -2.75. The lowest BCUT2D eigenvalue weighted by atomic mass is 9.41. The van der Waals surface area contributed by atoms with Gasteiger partial charge in [-0.3, -0.25) is 19.3 Å². The predicted molar refractivity (Wildman–Crippen MR) is 179 cm³/mol. The van der Waals surface area contributed by atoms with Gasteiger partial charge in [0, 0.05) is 43.7 Å². The van der Waals surface area contributed by atoms with Crippen molar-refractivity contribution in [2.24, 2.45) is 34.0 Å². The Balaban J connectivity index is 1.26. The fraction of sp³-hybridized carbons (Fsp3) is 0.711. The summed E-state index contributed by atoms with van der Waals surface area (Å²) in [7, 11) is 1.65. The minimum Gasteiger partial charge on any atom is -0.497 e. The molecule has 5 aliphatic rings. The van der Waals surface area contributed by atoms with Crippen LogP contribution in [0.4, 0.5) is 5.69 Å². The first-order valence-corrected chi connectivity index (χ1v) is 17.6. The van der Waals surface area contributed by atoms with Crippen LogP contribution >= 0.6 is 0 Å². The third-order valence-corrected chi connectivity index (χ3v) is 13.2. The average molecular weight is 651 g/mol. The summed E-state index contributed by atoms with van der Waals surface area (Å²) in [4.78, 5) is 43.2. The molecule has 4 aliphatic carbocycles. The molecule has 1 heterocycles. The van der Waals surface area contributed by atoms with Gasteiger partial charge in [-0.15, -0.1) is 0 Å². The van der Waals surface area contributed by atoms with Crippen LogP contribution < -0.4 is 9.64 Å². The van der Waals surface area contributed by atoms with Crippen molar-refractivity contribution in [2.75, 3.05) is 44.7 Å². The molecule has 1 aromatic rings. The van der Waals surface area contributed by atoms with Crippen LogP contribution in [-0.2, 0) is 14.4 Å². The minimum absolute atomic E-state index is 0.0484. The molecule has 0 bridgehead atoms. The van der Waals surface area contributed by atoms with Gasteiger partial charge in [0.2, 0.25) is 0 Å². The molecule has 47 heavy (non-hydrogen) atoms. The van der Waals surface area contributed by atoms with Gasteiger partial charge >= 0.3 is 5.97 Å². The maximum atomic E-state index is 14.3. The Labute approximate surface area is 279 Å². The third kappa shape index (κ3) is 5.84. The highest BCUT2D eigenvalue weighted by Crippen LogP contribution is 2.71. The molecule has 1 aromatic carbocycles. The number of hydrogen-bond acceptors (Lipinski definition) is 8. The van der Waals surface area contributed by atoms with Crippen LogP contribution in [0.25, 0.3) is 0 Å². The summed E-state index contributed by atoms with van der Waals surface area (Å²) in [5, 5.41) is 35.4. The lowest BCUT2D eigenvalue weighted by Gasteiger charge is -2.65. The Morgan fingerprint density at radius 3 is 2.32 bits per heavy atom. The Morgan fingerprint density at radius 2 is 1.68 bits per heavy atom. The molecule has 3 saturated carbocycles. The van der Waals surface area contributed by atoms with Crippen molar-refractivity contribution < 1.29 is 34.4 Å². The van der Waals surface area contributed by atoms with Crippen LogP contribution in [0, 0.1) is 34.0 Å². The molecule has 0 spiro atoms. The number of Topliss-reactive ketones (excluding diaryl/α,β-unsaturated/α-hetero) is 1. The Bertz CT molecular complexity index is 1430. The molecule has 6 rings (SSSR count). The van der Waals surface area contributed by atoms with Crippen LogP contribution in [0.15, 0.2) is 35.9 Å². The highest BCUT2D eigenvalue weighted by Gasteiger charge is 2.72. The Morgan fingerprint density at radius 1 is 1.00 bits per heavy atom. The smallest absolute Gasteiger partial charge is 0.303 e. The minimum atomic E-state index is -1.58. The second kappa shape index (κ2) is 12.0. The highest BCUT2D eigenvalue weighted by atomic mass is 16.5. The molecule has 3 N–H and O–H groups in total. The molecule has 9 nitrogen and oxygen atoms in total. The molecule has 1 saturated heterocycles. The van der Waals surface area contributed by atoms with Crippen molar-refractivity contribution >= 4 is 23.2 Å². The molecule has 1 aliphatic heterocycles. The number of piperazine rings is 1. The van der Waals surface area contributed by atoms with Crippen LogP contribution in [0.2, 0.25) is 0 Å². The summed E-state index contributed by atoms with van der Waals surface area (Å²) < 4.78 is 5.29. The van der Waals surface area contributed by atoms with Gasteiger partial charge in [-0.2, -0.15) is 0 Å². The zero-order valence-electron chi connectivity index (χ0n) is 28.9. The number of nitrogens with zero attached hydrogens (tertiary/aromatic N) is 2. The number of anilines is 1. The maximum Gasteiger partial charge on any atom is 0.303 e. The summed E-state index contributed by atoms with van der Waals surface area (Å²) in [5.74, 6) is -0.203. The number of ether oxygens (including phenoxy) is 1. The predicted octanol–water partition coefficient (Wildman–Crippen LogP) is 4.88. The lowest BCUT2D eigenvalue weighted by Crippen LogP contribution is -2.67. The van der Waals surface area contributed by atoms with Crippen molar-refractivity contribution in [1.82, 2.24) is 4.90 Å². The number of aliphatic carboxylic acids is 1. The van der Waals surface area contributed by atoms with Gasteiger partial charge in [-0.05, 0) is 104 Å². The van der Waals surface area contributed by atoms with Crippen molar-refractivity contribution in [2.45, 2.75) is 96.7 Å². The molecule has 4 fully saturated rings. The van der Waals surface area contributed by atoms with E-state index in [4.69, 9.17) is 4.74 Å². The quantitative estimate of drug-likeness (QED) is 0.343. The van der Waals surface area contributed by atoms with Crippen LogP contribution in [-0.4, -0.2) is 88.8 Å². The molecule has 0 radical (unpaired) electrons. The molecular weight excluding hydrogens is 596 g/mol. The van der Waals surface area contributed by atoms with Gasteiger partial charge in [0.1, 0.15) is 11.4 Å². The number of fused-ring (bicyclic) bond motifs is 5. The maximum absolute atomic E-state index is 14.3. The molecule has 9 heteroatoms. The first-order valence-electron chi connectivity index (χ1n) is 17.6. The van der Waals surface area contributed by atoms with Gasteiger partial charge in [0.25, 0.3) is 0 Å². The van der Waals surface area contributed by atoms with Crippen LogP contribution in [0.5, 0.6) is 5.75 Å². The molecule has 0 amide bonds. The number of methoxy groups -OCH3 is 1. The first kappa shape index (κ1) is 34.1. The number of carboxylic acids is 1. The number of rotatable bonds is 9. The van der Waals surface area contributed by atoms with Crippen molar-refractivity contribution in [3.63, 3.8) is 0 Å². The topological polar surface area (TPSA) is 128 Å². The summed E-state index contributed by atoms with van der Waals surface area (Å²) in [5.41, 5.74) is -2.63. The Kier molecular flexibility index (Phi) is 8.70. The van der Waals surface area contributed by atoms with Gasteiger partial charge in [0.05, 0.1) is 25.7 Å². The summed E-state index contributed by atoms with van der Waals surface area (Å²) in [6.45, 7) is 11.1. The van der Waals surface area contributed by atoms with Gasteiger partial charge in [-0.1, -0.05) is 33.3 Å². The van der Waals surface area contributed by atoms with Gasteiger partial charge < -0.3 is 25.0 Å². The fourth-order valence-corrected chi connectivity index (χ4v) is 11.3. The van der Waals surface area contributed by atoms with E-state index in [0.29, 0.717) is 38.8 Å². The highest BCUT2D eigenvalue weighted by molar-refractivity contribution is 5.92.